The van der Waals surface area contributed by atoms with Crippen LogP contribution in [0.2, 0.25) is 0 Å². The van der Waals surface area contributed by atoms with E-state index in [4.69, 9.17) is 12.8 Å². The van der Waals surface area contributed by atoms with Gasteiger partial charge in [0.1, 0.15) is 6.10 Å². The van der Waals surface area contributed by atoms with Crippen LogP contribution in [0.4, 0.5) is 0 Å². The summed E-state index contributed by atoms with van der Waals surface area (Å²) in [6, 6.07) is 0. The van der Waals surface area contributed by atoms with E-state index in [0.29, 0.717) is 0 Å². The highest BCUT2D eigenvalue weighted by molar-refractivity contribution is 5.08. The maximum absolute atomic E-state index is 9.22. The molecule has 2 atom stereocenters. The molecule has 1 N–H and O–H groups in total. The first-order chi connectivity index (χ1) is 13.7. The lowest BCUT2D eigenvalue weighted by Crippen LogP contribution is -1.96. The fourth-order valence-electron chi connectivity index (χ4n) is 3.50. The molecule has 0 aliphatic carbocycles. The molecule has 0 spiro atoms. The van der Waals surface area contributed by atoms with Crippen LogP contribution < -0.4 is 0 Å². The minimum absolute atomic E-state index is 0.716. The number of aliphatic hydroxyl groups excluding tert-OH is 1. The second-order valence-electron chi connectivity index (χ2n) is 8.11. The molecule has 0 rings (SSSR count). The lowest BCUT2D eigenvalue weighted by molar-refractivity contribution is 0.280. The Morgan fingerprint density at radius 1 is 0.714 bits per heavy atom. The van der Waals surface area contributed by atoms with Crippen molar-refractivity contribution in [2.24, 2.45) is 5.92 Å². The molecule has 0 saturated carbocycles. The van der Waals surface area contributed by atoms with Crippen LogP contribution in [0.5, 0.6) is 0 Å². The van der Waals surface area contributed by atoms with Gasteiger partial charge < -0.3 is 5.11 Å². The number of unbranched alkanes of at least 4 members (excludes halogenated alkanes) is 12. The van der Waals surface area contributed by atoms with Crippen LogP contribution in [-0.2, 0) is 0 Å². The molecule has 0 fully saturated rings. The van der Waals surface area contributed by atoms with Gasteiger partial charge in [-0.3, -0.25) is 0 Å². The molecule has 0 saturated heterocycles. The third-order valence-electron chi connectivity index (χ3n) is 5.34. The van der Waals surface area contributed by atoms with E-state index in [1.165, 1.54) is 89.9 Å². The van der Waals surface area contributed by atoms with Crippen LogP contribution in [0.1, 0.15) is 110 Å². The molecule has 0 aliphatic rings. The zero-order valence-electron chi connectivity index (χ0n) is 18.4. The highest BCUT2D eigenvalue weighted by Gasteiger charge is 2.02. The standard InChI is InChI=1S/C27H44O/c1-4-6-7-8-9-10-11-12-13-14-15-17-20-23-26(3)24-21-18-16-19-22-25-27(28)5-2/h1-2,6-7,22,25-28H,8-21,23-24H2,3H3. The van der Waals surface area contributed by atoms with Gasteiger partial charge in [-0.25, -0.2) is 0 Å². The number of terminal acetylenes is 2. The van der Waals surface area contributed by atoms with Crippen LogP contribution in [0, 0.1) is 30.6 Å². The first kappa shape index (κ1) is 26.6. The SMILES string of the molecule is C#CC=CCCCCCCCCCCCC(C)CCCCCC=CC(O)C#C. The minimum atomic E-state index is -0.716. The van der Waals surface area contributed by atoms with Crippen LogP contribution in [0.25, 0.3) is 0 Å². The summed E-state index contributed by atoms with van der Waals surface area (Å²) in [4.78, 5) is 0. The molecule has 0 heterocycles. The average Bonchev–Trinajstić information content (AvgIpc) is 2.70. The zero-order valence-corrected chi connectivity index (χ0v) is 18.4. The molecule has 0 aliphatic heterocycles. The van der Waals surface area contributed by atoms with Crippen molar-refractivity contribution in [3.8, 4) is 24.7 Å². The smallest absolute Gasteiger partial charge is 0.133 e. The summed E-state index contributed by atoms with van der Waals surface area (Å²) in [6.45, 7) is 2.40. The maximum Gasteiger partial charge on any atom is 0.133 e. The molecular formula is C27H44O. The normalized spacial score (nSPS) is 13.6. The lowest BCUT2D eigenvalue weighted by Gasteiger charge is -2.10. The summed E-state index contributed by atoms with van der Waals surface area (Å²) >= 11 is 0. The average molecular weight is 385 g/mol. The molecule has 0 aromatic heterocycles. The van der Waals surface area contributed by atoms with Gasteiger partial charge in [-0.15, -0.1) is 12.8 Å². The van der Waals surface area contributed by atoms with Crippen molar-refractivity contribution in [2.75, 3.05) is 0 Å². The van der Waals surface area contributed by atoms with Crippen molar-refractivity contribution in [1.29, 1.82) is 0 Å². The third kappa shape index (κ3) is 20.9. The molecule has 0 radical (unpaired) electrons. The molecule has 0 aromatic carbocycles. The second-order valence-corrected chi connectivity index (χ2v) is 8.11. The quantitative estimate of drug-likeness (QED) is 0.138. The largest absolute Gasteiger partial charge is 0.377 e. The minimum Gasteiger partial charge on any atom is -0.377 e. The van der Waals surface area contributed by atoms with Gasteiger partial charge in [0.2, 0.25) is 0 Å². The molecule has 1 heteroatoms. The number of hydrogen-bond acceptors (Lipinski definition) is 1. The molecule has 0 amide bonds. The Labute approximate surface area is 176 Å². The molecule has 2 unspecified atom stereocenters. The number of rotatable bonds is 19. The fraction of sp³-hybridized carbons (Fsp3) is 0.704. The van der Waals surface area contributed by atoms with Crippen molar-refractivity contribution < 1.29 is 5.11 Å². The summed E-state index contributed by atoms with van der Waals surface area (Å²) in [5.41, 5.74) is 0. The zero-order chi connectivity index (χ0) is 20.7. The molecule has 1 nitrogen and oxygen atoms in total. The monoisotopic (exact) mass is 384 g/mol. The topological polar surface area (TPSA) is 20.2 Å². The van der Waals surface area contributed by atoms with E-state index in [2.05, 4.69) is 24.8 Å². The van der Waals surface area contributed by atoms with Gasteiger partial charge in [-0.05, 0) is 43.8 Å². The number of allylic oxidation sites excluding steroid dienone is 3. The van der Waals surface area contributed by atoms with E-state index in [-0.39, 0.29) is 0 Å². The van der Waals surface area contributed by atoms with E-state index in [1.54, 1.807) is 6.08 Å². The van der Waals surface area contributed by atoms with Gasteiger partial charge in [0.15, 0.2) is 0 Å². The molecule has 0 bridgehead atoms. The van der Waals surface area contributed by atoms with Crippen LogP contribution in [-0.4, -0.2) is 11.2 Å². The van der Waals surface area contributed by atoms with E-state index < -0.39 is 6.10 Å². The Bertz CT molecular complexity index is 460. The Morgan fingerprint density at radius 3 is 1.71 bits per heavy atom. The summed E-state index contributed by atoms with van der Waals surface area (Å²) in [6.07, 6.45) is 38.3. The Balaban J connectivity index is 3.26. The molecule has 0 aromatic rings. The maximum atomic E-state index is 9.22. The first-order valence-corrected chi connectivity index (χ1v) is 11.6. The molecule has 158 valence electrons. The van der Waals surface area contributed by atoms with Crippen molar-refractivity contribution in [3.63, 3.8) is 0 Å². The first-order valence-electron chi connectivity index (χ1n) is 11.6. The Hall–Kier alpha value is -1.44. The fourth-order valence-corrected chi connectivity index (χ4v) is 3.50. The Morgan fingerprint density at radius 2 is 1.18 bits per heavy atom. The van der Waals surface area contributed by atoms with E-state index in [1.807, 2.05) is 12.2 Å². The predicted molar refractivity (Wildman–Crippen MR) is 125 cm³/mol. The van der Waals surface area contributed by atoms with Gasteiger partial charge in [0.05, 0.1) is 0 Å². The predicted octanol–water partition coefficient (Wildman–Crippen LogP) is 7.60. The van der Waals surface area contributed by atoms with Crippen LogP contribution in [0.15, 0.2) is 24.3 Å². The Kier molecular flexibility index (Phi) is 20.7. The van der Waals surface area contributed by atoms with Crippen LogP contribution in [0.3, 0.4) is 0 Å². The van der Waals surface area contributed by atoms with E-state index in [9.17, 15) is 5.11 Å². The highest BCUT2D eigenvalue weighted by atomic mass is 16.3. The van der Waals surface area contributed by atoms with E-state index in [0.717, 1.165) is 18.8 Å². The molecule has 28 heavy (non-hydrogen) atoms. The lowest BCUT2D eigenvalue weighted by atomic mass is 9.96. The third-order valence-corrected chi connectivity index (χ3v) is 5.34. The van der Waals surface area contributed by atoms with Crippen molar-refractivity contribution >= 4 is 0 Å². The number of aliphatic hydroxyl groups is 1. The van der Waals surface area contributed by atoms with Crippen molar-refractivity contribution in [2.45, 2.75) is 116 Å². The second kappa shape index (κ2) is 21.9. The van der Waals surface area contributed by atoms with Gasteiger partial charge in [0.25, 0.3) is 0 Å². The van der Waals surface area contributed by atoms with E-state index >= 15 is 0 Å². The summed E-state index contributed by atoms with van der Waals surface area (Å²) in [5, 5.41) is 9.22. The molecular weight excluding hydrogens is 340 g/mol. The van der Waals surface area contributed by atoms with Crippen molar-refractivity contribution in [1.82, 2.24) is 0 Å². The van der Waals surface area contributed by atoms with Gasteiger partial charge >= 0.3 is 0 Å². The summed E-state index contributed by atoms with van der Waals surface area (Å²) in [5.74, 6) is 5.70. The van der Waals surface area contributed by atoms with Gasteiger partial charge in [-0.1, -0.05) is 108 Å². The van der Waals surface area contributed by atoms with Crippen molar-refractivity contribution in [3.05, 3.63) is 24.3 Å². The van der Waals surface area contributed by atoms with Gasteiger partial charge in [-0.2, -0.15) is 0 Å². The summed E-state index contributed by atoms with van der Waals surface area (Å²) < 4.78 is 0. The van der Waals surface area contributed by atoms with Crippen LogP contribution >= 0.6 is 0 Å². The highest BCUT2D eigenvalue weighted by Crippen LogP contribution is 2.18. The van der Waals surface area contributed by atoms with Gasteiger partial charge in [0, 0.05) is 0 Å². The summed E-state index contributed by atoms with van der Waals surface area (Å²) in [7, 11) is 0. The number of hydrogen-bond donors (Lipinski definition) is 1.